The molecule has 0 aliphatic carbocycles. The Bertz CT molecular complexity index is 1040. The molecule has 1 N–H and O–H groups in total. The van der Waals surface area contributed by atoms with Crippen LogP contribution in [0.5, 0.6) is 0 Å². The SMILES string of the molecule is CCCCN1C(=O)C(O)=C(C(=O)c2cc3ccccc3o2)C1c1ccncc1. The summed E-state index contributed by atoms with van der Waals surface area (Å²) in [7, 11) is 0. The minimum absolute atomic E-state index is 0.0476. The molecule has 0 spiro atoms. The number of benzene rings is 1. The fourth-order valence-electron chi connectivity index (χ4n) is 3.56. The van der Waals surface area contributed by atoms with E-state index < -0.39 is 23.5 Å². The smallest absolute Gasteiger partial charge is 0.290 e. The maximum absolute atomic E-state index is 13.3. The molecule has 0 saturated carbocycles. The number of aliphatic hydroxyl groups is 1. The van der Waals surface area contributed by atoms with E-state index in [1.807, 2.05) is 25.1 Å². The molecule has 0 saturated heterocycles. The number of carbonyl (C=O) groups excluding carboxylic acids is 2. The molecule has 2 aromatic heterocycles. The number of pyridine rings is 1. The molecular formula is C22H20N2O4. The van der Waals surface area contributed by atoms with E-state index in [9.17, 15) is 14.7 Å². The number of aromatic nitrogens is 1. The van der Waals surface area contributed by atoms with Crippen molar-refractivity contribution in [2.45, 2.75) is 25.8 Å². The molecule has 0 bridgehead atoms. The second-order valence-corrected chi connectivity index (χ2v) is 6.78. The number of Topliss-reactive ketones (excluding diaryl/α,β-unsaturated/α-hetero) is 1. The first-order chi connectivity index (χ1) is 13.6. The van der Waals surface area contributed by atoms with Crippen LogP contribution >= 0.6 is 0 Å². The lowest BCUT2D eigenvalue weighted by Gasteiger charge is -2.26. The molecule has 4 rings (SSSR count). The molecule has 142 valence electrons. The van der Waals surface area contributed by atoms with Gasteiger partial charge in [-0.15, -0.1) is 0 Å². The van der Waals surface area contributed by atoms with Gasteiger partial charge in [0.1, 0.15) is 5.58 Å². The molecule has 0 fully saturated rings. The lowest BCUT2D eigenvalue weighted by molar-refractivity contribution is -0.129. The number of amides is 1. The van der Waals surface area contributed by atoms with Crippen LogP contribution in [-0.2, 0) is 4.79 Å². The van der Waals surface area contributed by atoms with Crippen LogP contribution in [0.2, 0.25) is 0 Å². The highest BCUT2D eigenvalue weighted by Crippen LogP contribution is 2.39. The standard InChI is InChI=1S/C22H20N2O4/c1-2-3-12-24-19(14-8-10-23-11-9-14)18(21(26)22(24)27)20(25)17-13-15-6-4-5-7-16(15)28-17/h4-11,13,19,26H,2-3,12H2,1H3. The van der Waals surface area contributed by atoms with Gasteiger partial charge in [-0.25, -0.2) is 0 Å². The number of nitrogens with zero attached hydrogens (tertiary/aromatic N) is 2. The fraction of sp³-hybridized carbons (Fsp3) is 0.227. The normalized spacial score (nSPS) is 17.0. The minimum atomic E-state index is -0.664. The number of rotatable bonds is 6. The molecule has 1 amide bonds. The van der Waals surface area contributed by atoms with Crippen LogP contribution in [0.1, 0.15) is 41.9 Å². The molecule has 28 heavy (non-hydrogen) atoms. The van der Waals surface area contributed by atoms with Crippen molar-refractivity contribution in [1.29, 1.82) is 0 Å². The summed E-state index contributed by atoms with van der Waals surface area (Å²) in [5.41, 5.74) is 1.35. The largest absolute Gasteiger partial charge is 0.503 e. The van der Waals surface area contributed by atoms with Gasteiger partial charge in [0.2, 0.25) is 5.78 Å². The van der Waals surface area contributed by atoms with E-state index in [0.29, 0.717) is 12.1 Å². The van der Waals surface area contributed by atoms with Crippen molar-refractivity contribution < 1.29 is 19.1 Å². The number of para-hydroxylation sites is 1. The van der Waals surface area contributed by atoms with Gasteiger partial charge in [0.05, 0.1) is 11.6 Å². The summed E-state index contributed by atoms with van der Waals surface area (Å²) in [4.78, 5) is 31.6. The van der Waals surface area contributed by atoms with Crippen LogP contribution in [0.25, 0.3) is 11.0 Å². The van der Waals surface area contributed by atoms with Crippen molar-refractivity contribution >= 4 is 22.7 Å². The predicted molar refractivity (Wildman–Crippen MR) is 104 cm³/mol. The van der Waals surface area contributed by atoms with E-state index in [2.05, 4.69) is 4.98 Å². The summed E-state index contributed by atoms with van der Waals surface area (Å²) < 4.78 is 5.69. The monoisotopic (exact) mass is 376 g/mol. The zero-order valence-electron chi connectivity index (χ0n) is 15.5. The third-order valence-electron chi connectivity index (χ3n) is 4.97. The first-order valence-corrected chi connectivity index (χ1v) is 9.29. The maximum atomic E-state index is 13.3. The lowest BCUT2D eigenvalue weighted by Crippen LogP contribution is -2.32. The number of aliphatic hydroxyl groups excluding tert-OH is 1. The summed E-state index contributed by atoms with van der Waals surface area (Å²) in [5, 5.41) is 11.4. The molecule has 3 aromatic rings. The third-order valence-corrected chi connectivity index (χ3v) is 4.97. The molecule has 1 atom stereocenters. The molecule has 1 unspecified atom stereocenters. The van der Waals surface area contributed by atoms with Crippen molar-refractivity contribution in [3.63, 3.8) is 0 Å². The first kappa shape index (κ1) is 18.0. The highest BCUT2D eigenvalue weighted by molar-refractivity contribution is 6.15. The van der Waals surface area contributed by atoms with E-state index in [-0.39, 0.29) is 11.3 Å². The Hall–Kier alpha value is -3.41. The molecule has 0 radical (unpaired) electrons. The van der Waals surface area contributed by atoms with E-state index >= 15 is 0 Å². The number of furan rings is 1. The van der Waals surface area contributed by atoms with Crippen LogP contribution in [-0.4, -0.2) is 33.2 Å². The van der Waals surface area contributed by atoms with E-state index in [0.717, 1.165) is 23.8 Å². The van der Waals surface area contributed by atoms with E-state index in [4.69, 9.17) is 4.42 Å². The van der Waals surface area contributed by atoms with Gasteiger partial charge in [-0.2, -0.15) is 0 Å². The average Bonchev–Trinajstić information content (AvgIpc) is 3.26. The van der Waals surface area contributed by atoms with Crippen LogP contribution in [0.15, 0.2) is 70.6 Å². The Balaban J connectivity index is 1.79. The quantitative estimate of drug-likeness (QED) is 0.652. The highest BCUT2D eigenvalue weighted by atomic mass is 16.3. The molecule has 1 aliphatic heterocycles. The Labute approximate surface area is 162 Å². The predicted octanol–water partition coefficient (Wildman–Crippen LogP) is 4.21. The Morgan fingerprint density at radius 2 is 1.96 bits per heavy atom. The molecule has 3 heterocycles. The Morgan fingerprint density at radius 3 is 2.68 bits per heavy atom. The zero-order chi connectivity index (χ0) is 19.7. The van der Waals surface area contributed by atoms with Gasteiger partial charge in [-0.3, -0.25) is 14.6 Å². The molecule has 6 heteroatoms. The van der Waals surface area contributed by atoms with Crippen LogP contribution in [0.3, 0.4) is 0 Å². The fourth-order valence-corrected chi connectivity index (χ4v) is 3.56. The Morgan fingerprint density at radius 1 is 1.21 bits per heavy atom. The van der Waals surface area contributed by atoms with Gasteiger partial charge in [0, 0.05) is 24.3 Å². The van der Waals surface area contributed by atoms with Crippen molar-refractivity contribution in [2.24, 2.45) is 0 Å². The molecular weight excluding hydrogens is 356 g/mol. The van der Waals surface area contributed by atoms with Gasteiger partial charge in [0.15, 0.2) is 11.5 Å². The van der Waals surface area contributed by atoms with Gasteiger partial charge >= 0.3 is 0 Å². The summed E-state index contributed by atoms with van der Waals surface area (Å²) in [6.45, 7) is 2.47. The molecule has 1 aliphatic rings. The molecule has 1 aromatic carbocycles. The van der Waals surface area contributed by atoms with E-state index in [1.165, 1.54) is 0 Å². The number of unbranched alkanes of at least 4 members (excludes halogenated alkanes) is 1. The average molecular weight is 376 g/mol. The second-order valence-electron chi connectivity index (χ2n) is 6.78. The third kappa shape index (κ3) is 2.97. The van der Waals surface area contributed by atoms with Gasteiger partial charge in [-0.1, -0.05) is 31.5 Å². The zero-order valence-corrected chi connectivity index (χ0v) is 15.5. The number of carbonyl (C=O) groups is 2. The summed E-state index contributed by atoms with van der Waals surface area (Å²) in [6.07, 6.45) is 4.88. The topological polar surface area (TPSA) is 83.6 Å². The second kappa shape index (κ2) is 7.31. The van der Waals surface area contributed by atoms with Gasteiger partial charge < -0.3 is 14.4 Å². The minimum Gasteiger partial charge on any atom is -0.503 e. The summed E-state index contributed by atoms with van der Waals surface area (Å²) >= 11 is 0. The number of hydrogen-bond donors (Lipinski definition) is 1. The van der Waals surface area contributed by atoms with Gasteiger partial charge in [-0.05, 0) is 36.2 Å². The summed E-state index contributed by atoms with van der Waals surface area (Å²) in [6, 6.07) is 11.8. The van der Waals surface area contributed by atoms with Gasteiger partial charge in [0.25, 0.3) is 5.91 Å². The molecule has 6 nitrogen and oxygen atoms in total. The first-order valence-electron chi connectivity index (χ1n) is 9.29. The Kier molecular flexibility index (Phi) is 4.69. The highest BCUT2D eigenvalue weighted by Gasteiger charge is 2.44. The number of fused-ring (bicyclic) bond motifs is 1. The van der Waals surface area contributed by atoms with E-state index in [1.54, 1.807) is 41.6 Å². The maximum Gasteiger partial charge on any atom is 0.290 e. The number of hydrogen-bond acceptors (Lipinski definition) is 5. The van der Waals surface area contributed by atoms with Crippen LogP contribution in [0.4, 0.5) is 0 Å². The number of ketones is 1. The van der Waals surface area contributed by atoms with Crippen molar-refractivity contribution in [2.75, 3.05) is 6.54 Å². The van der Waals surface area contributed by atoms with Crippen molar-refractivity contribution in [1.82, 2.24) is 9.88 Å². The summed E-state index contributed by atoms with van der Waals surface area (Å²) in [5.74, 6) is -1.42. The van der Waals surface area contributed by atoms with Crippen molar-refractivity contribution in [3.8, 4) is 0 Å². The lowest BCUT2D eigenvalue weighted by atomic mass is 9.95. The van der Waals surface area contributed by atoms with Crippen LogP contribution in [0, 0.1) is 0 Å². The van der Waals surface area contributed by atoms with Crippen LogP contribution < -0.4 is 0 Å². The van der Waals surface area contributed by atoms with Crippen molar-refractivity contribution in [3.05, 3.63) is 77.5 Å².